The lowest BCUT2D eigenvalue weighted by atomic mass is 10.1. The molecular weight excluding hydrogens is 318 g/mol. The Bertz CT molecular complexity index is 860. The van der Waals surface area contributed by atoms with Crippen LogP contribution in [0.5, 0.6) is 0 Å². The second-order valence-corrected chi connectivity index (χ2v) is 5.36. The predicted molar refractivity (Wildman–Crippen MR) is 86.8 cm³/mol. The Morgan fingerprint density at radius 3 is 2.61 bits per heavy atom. The minimum Gasteiger partial charge on any atom is -0.481 e. The highest BCUT2D eigenvalue weighted by atomic mass is 35.5. The molecule has 3 rings (SSSR count). The normalized spacial score (nSPS) is 10.9. The number of hydrogen-bond acceptors (Lipinski definition) is 5. The molecule has 0 saturated heterocycles. The van der Waals surface area contributed by atoms with Crippen LogP contribution in [0.3, 0.4) is 0 Å². The molecule has 8 heteroatoms. The Balaban J connectivity index is 1.89. The molecule has 2 N–H and O–H groups in total. The predicted octanol–water partition coefficient (Wildman–Crippen LogP) is 2.20. The Labute approximate surface area is 137 Å². The second-order valence-electron chi connectivity index (χ2n) is 5.02. The van der Waals surface area contributed by atoms with E-state index >= 15 is 0 Å². The molecule has 0 radical (unpaired) electrons. The molecule has 0 saturated carbocycles. The average Bonchev–Trinajstić information content (AvgIpc) is 2.91. The molecule has 3 aromatic rings. The molecule has 2 aromatic heterocycles. The number of imidazole rings is 1. The first-order valence-corrected chi connectivity index (χ1v) is 7.30. The molecule has 23 heavy (non-hydrogen) atoms. The zero-order chi connectivity index (χ0) is 16.4. The van der Waals surface area contributed by atoms with Crippen molar-refractivity contribution in [2.45, 2.75) is 13.0 Å². The number of aliphatic carboxylic acids is 1. The molecule has 0 amide bonds. The Morgan fingerprint density at radius 2 is 1.96 bits per heavy atom. The van der Waals surface area contributed by atoms with Gasteiger partial charge in [-0.25, -0.2) is 4.98 Å². The summed E-state index contributed by atoms with van der Waals surface area (Å²) in [5, 5.41) is 11.9. The first kappa shape index (κ1) is 15.2. The van der Waals surface area contributed by atoms with Gasteiger partial charge >= 0.3 is 5.97 Å². The lowest BCUT2D eigenvalue weighted by Gasteiger charge is -2.06. The molecule has 0 aliphatic heterocycles. The van der Waals surface area contributed by atoms with Crippen molar-refractivity contribution in [1.82, 2.24) is 19.5 Å². The molecule has 0 spiro atoms. The highest BCUT2D eigenvalue weighted by molar-refractivity contribution is 6.28. The molecule has 7 nitrogen and oxygen atoms in total. The van der Waals surface area contributed by atoms with Gasteiger partial charge in [-0.3, -0.25) is 4.79 Å². The number of halogens is 1. The number of aromatic nitrogens is 4. The Hall–Kier alpha value is -2.67. The van der Waals surface area contributed by atoms with Crippen molar-refractivity contribution in [2.75, 3.05) is 12.4 Å². The topological polar surface area (TPSA) is 92.9 Å². The van der Waals surface area contributed by atoms with Crippen LogP contribution >= 0.6 is 11.6 Å². The van der Waals surface area contributed by atoms with E-state index < -0.39 is 5.97 Å². The van der Waals surface area contributed by atoms with Gasteiger partial charge in [0, 0.05) is 7.05 Å². The molecular formula is C15H14ClN5O2. The molecule has 0 fully saturated rings. The summed E-state index contributed by atoms with van der Waals surface area (Å²) in [6.45, 7) is 0.556. The highest BCUT2D eigenvalue weighted by Crippen LogP contribution is 2.21. The molecule has 0 atom stereocenters. The van der Waals surface area contributed by atoms with Crippen LogP contribution in [-0.4, -0.2) is 37.6 Å². The number of benzene rings is 1. The van der Waals surface area contributed by atoms with Crippen molar-refractivity contribution in [3.05, 3.63) is 47.0 Å². The SMILES string of the molecule is CNc1nc(Cl)nc2c1ncn2Cc1ccc(CC(=O)O)cc1. The molecule has 0 aliphatic rings. The van der Waals surface area contributed by atoms with Gasteiger partial charge in [0.05, 0.1) is 19.3 Å². The quantitative estimate of drug-likeness (QED) is 0.696. The number of carbonyl (C=O) groups is 1. The fourth-order valence-corrected chi connectivity index (χ4v) is 2.51. The Kier molecular flexibility index (Phi) is 4.12. The van der Waals surface area contributed by atoms with Gasteiger partial charge in [0.25, 0.3) is 0 Å². The van der Waals surface area contributed by atoms with Crippen LogP contribution in [0.25, 0.3) is 11.2 Å². The van der Waals surface area contributed by atoms with E-state index in [-0.39, 0.29) is 11.7 Å². The second kappa shape index (κ2) is 6.21. The van der Waals surface area contributed by atoms with Crippen LogP contribution in [0.15, 0.2) is 30.6 Å². The van der Waals surface area contributed by atoms with Gasteiger partial charge in [-0.2, -0.15) is 9.97 Å². The van der Waals surface area contributed by atoms with Crippen LogP contribution in [-0.2, 0) is 17.8 Å². The number of carboxylic acid groups (broad SMARTS) is 1. The summed E-state index contributed by atoms with van der Waals surface area (Å²) in [4.78, 5) is 23.4. The minimum atomic E-state index is -0.843. The smallest absolute Gasteiger partial charge is 0.307 e. The molecule has 0 aliphatic carbocycles. The third-order valence-electron chi connectivity index (χ3n) is 3.40. The number of fused-ring (bicyclic) bond motifs is 1. The maximum absolute atomic E-state index is 10.7. The standard InChI is InChI=1S/C15H14ClN5O2/c1-17-13-12-14(20-15(16)19-13)21(8-18-12)7-10-4-2-9(3-5-10)6-11(22)23/h2-5,8H,6-7H2,1H3,(H,22,23)(H,17,19,20). The number of carboxylic acids is 1. The van der Waals surface area contributed by atoms with Crippen LogP contribution in [0, 0.1) is 0 Å². The summed E-state index contributed by atoms with van der Waals surface area (Å²) in [7, 11) is 1.75. The number of rotatable bonds is 5. The lowest BCUT2D eigenvalue weighted by molar-refractivity contribution is -0.136. The van der Waals surface area contributed by atoms with Crippen LogP contribution in [0.2, 0.25) is 5.28 Å². The third kappa shape index (κ3) is 3.24. The summed E-state index contributed by atoms with van der Waals surface area (Å²) in [5.41, 5.74) is 3.07. The molecule has 118 valence electrons. The summed E-state index contributed by atoms with van der Waals surface area (Å²) < 4.78 is 1.87. The van der Waals surface area contributed by atoms with Crippen molar-refractivity contribution in [2.24, 2.45) is 0 Å². The fourth-order valence-electron chi connectivity index (χ4n) is 2.34. The summed E-state index contributed by atoms with van der Waals surface area (Å²) in [6.07, 6.45) is 1.70. The number of hydrogen-bond donors (Lipinski definition) is 2. The highest BCUT2D eigenvalue weighted by Gasteiger charge is 2.12. The van der Waals surface area contributed by atoms with Crippen molar-refractivity contribution >= 4 is 34.6 Å². The van der Waals surface area contributed by atoms with Crippen molar-refractivity contribution in [1.29, 1.82) is 0 Å². The maximum atomic E-state index is 10.7. The minimum absolute atomic E-state index is 0.0165. The monoisotopic (exact) mass is 331 g/mol. The van der Waals surface area contributed by atoms with E-state index in [0.717, 1.165) is 11.1 Å². The lowest BCUT2D eigenvalue weighted by Crippen LogP contribution is -2.03. The van der Waals surface area contributed by atoms with Gasteiger partial charge in [-0.15, -0.1) is 0 Å². The Morgan fingerprint density at radius 1 is 1.26 bits per heavy atom. The van der Waals surface area contributed by atoms with Gasteiger partial charge in [-0.1, -0.05) is 24.3 Å². The van der Waals surface area contributed by atoms with Crippen LogP contribution in [0.1, 0.15) is 11.1 Å². The van der Waals surface area contributed by atoms with E-state index in [9.17, 15) is 4.79 Å². The van der Waals surface area contributed by atoms with E-state index in [1.54, 1.807) is 13.4 Å². The largest absolute Gasteiger partial charge is 0.481 e. The zero-order valence-corrected chi connectivity index (χ0v) is 13.1. The molecule has 0 bridgehead atoms. The number of nitrogens with zero attached hydrogens (tertiary/aromatic N) is 4. The van der Waals surface area contributed by atoms with Gasteiger partial charge in [0.15, 0.2) is 17.0 Å². The van der Waals surface area contributed by atoms with E-state index in [2.05, 4.69) is 20.3 Å². The number of nitrogens with one attached hydrogen (secondary N) is 1. The third-order valence-corrected chi connectivity index (χ3v) is 3.57. The zero-order valence-electron chi connectivity index (χ0n) is 12.3. The van der Waals surface area contributed by atoms with Gasteiger partial charge in [0.2, 0.25) is 5.28 Å². The molecule has 0 unspecified atom stereocenters. The van der Waals surface area contributed by atoms with Crippen molar-refractivity contribution < 1.29 is 9.90 Å². The first-order chi connectivity index (χ1) is 11.1. The van der Waals surface area contributed by atoms with Gasteiger partial charge in [0.1, 0.15) is 0 Å². The summed E-state index contributed by atoms with van der Waals surface area (Å²) in [5.74, 6) is -0.264. The first-order valence-electron chi connectivity index (χ1n) is 6.92. The molecule has 2 heterocycles. The fraction of sp³-hybridized carbons (Fsp3) is 0.200. The van der Waals surface area contributed by atoms with E-state index in [0.29, 0.717) is 23.5 Å². The van der Waals surface area contributed by atoms with Crippen LogP contribution < -0.4 is 5.32 Å². The average molecular weight is 332 g/mol. The molecule has 1 aromatic carbocycles. The van der Waals surface area contributed by atoms with Gasteiger partial charge < -0.3 is 15.0 Å². The van der Waals surface area contributed by atoms with E-state index in [1.165, 1.54) is 0 Å². The van der Waals surface area contributed by atoms with Gasteiger partial charge in [-0.05, 0) is 22.7 Å². The summed E-state index contributed by atoms with van der Waals surface area (Å²) in [6, 6.07) is 7.41. The number of anilines is 1. The van der Waals surface area contributed by atoms with E-state index in [4.69, 9.17) is 16.7 Å². The van der Waals surface area contributed by atoms with E-state index in [1.807, 2.05) is 28.8 Å². The van der Waals surface area contributed by atoms with Crippen molar-refractivity contribution in [3.8, 4) is 0 Å². The maximum Gasteiger partial charge on any atom is 0.307 e. The summed E-state index contributed by atoms with van der Waals surface area (Å²) >= 11 is 5.94. The van der Waals surface area contributed by atoms with Crippen LogP contribution in [0.4, 0.5) is 5.82 Å². The van der Waals surface area contributed by atoms with Crippen molar-refractivity contribution in [3.63, 3.8) is 0 Å².